The maximum Gasteiger partial charge on any atom is 0.435 e. The Morgan fingerprint density at radius 1 is 0.783 bits per heavy atom. The Labute approximate surface area is 347 Å². The lowest BCUT2D eigenvalue weighted by Gasteiger charge is -2.34. The van der Waals surface area contributed by atoms with Gasteiger partial charge in [-0.05, 0) is 119 Å². The predicted octanol–water partition coefficient (Wildman–Crippen LogP) is 10.5. The lowest BCUT2D eigenvalue weighted by Crippen LogP contribution is -2.41. The van der Waals surface area contributed by atoms with Crippen LogP contribution in [0.2, 0.25) is 0 Å². The molecule has 3 amide bonds. The van der Waals surface area contributed by atoms with Crippen molar-refractivity contribution in [2.75, 3.05) is 11.9 Å². The molecule has 11 nitrogen and oxygen atoms in total. The Bertz CT molecular complexity index is 2280. The summed E-state index contributed by atoms with van der Waals surface area (Å²) in [6.07, 6.45) is -4.10. The summed E-state index contributed by atoms with van der Waals surface area (Å²) >= 11 is 0. The van der Waals surface area contributed by atoms with Crippen molar-refractivity contribution < 1.29 is 41.8 Å². The molecule has 0 bridgehead atoms. The number of halogens is 3. The van der Waals surface area contributed by atoms with Gasteiger partial charge in [-0.25, -0.2) is 14.3 Å². The largest absolute Gasteiger partial charge is 0.489 e. The monoisotopic (exact) mass is 825 g/mol. The molecule has 2 N–H and O–H groups in total. The zero-order valence-electron chi connectivity index (χ0n) is 34.5. The Morgan fingerprint density at radius 3 is 2.10 bits per heavy atom. The van der Waals surface area contributed by atoms with Crippen molar-refractivity contribution in [3.05, 3.63) is 143 Å². The normalized spacial score (nSPS) is 13.6. The lowest BCUT2D eigenvalue weighted by atomic mass is 9.96. The van der Waals surface area contributed by atoms with Gasteiger partial charge >= 0.3 is 18.4 Å². The number of carbonyl (C=O) groups is 3. The van der Waals surface area contributed by atoms with Crippen molar-refractivity contribution in [3.63, 3.8) is 0 Å². The minimum Gasteiger partial charge on any atom is -0.489 e. The second kappa shape index (κ2) is 17.9. The van der Waals surface area contributed by atoms with E-state index in [1.807, 2.05) is 60.7 Å². The number of ether oxygens (including phenoxy) is 3. The Kier molecular flexibility index (Phi) is 12.9. The van der Waals surface area contributed by atoms with Crippen LogP contribution < -0.4 is 15.4 Å². The van der Waals surface area contributed by atoms with E-state index in [9.17, 15) is 27.6 Å². The quantitative estimate of drug-likeness (QED) is 0.121. The molecule has 1 aliphatic carbocycles. The van der Waals surface area contributed by atoms with Gasteiger partial charge in [-0.3, -0.25) is 9.69 Å². The van der Waals surface area contributed by atoms with E-state index in [0.717, 1.165) is 28.7 Å². The van der Waals surface area contributed by atoms with E-state index in [4.69, 9.17) is 14.2 Å². The van der Waals surface area contributed by atoms with Crippen molar-refractivity contribution >= 4 is 23.8 Å². The van der Waals surface area contributed by atoms with Crippen LogP contribution in [0.3, 0.4) is 0 Å². The number of hydrogen-bond donors (Lipinski definition) is 2. The van der Waals surface area contributed by atoms with Crippen LogP contribution in [-0.4, -0.2) is 50.5 Å². The minimum absolute atomic E-state index is 0.0101. The van der Waals surface area contributed by atoms with Gasteiger partial charge in [-0.15, -0.1) is 0 Å². The predicted molar refractivity (Wildman–Crippen MR) is 221 cm³/mol. The van der Waals surface area contributed by atoms with Gasteiger partial charge in [0.15, 0.2) is 5.69 Å². The van der Waals surface area contributed by atoms with Crippen LogP contribution in [-0.2, 0) is 28.8 Å². The maximum atomic E-state index is 14.1. The van der Waals surface area contributed by atoms with E-state index < -0.39 is 47.2 Å². The zero-order chi connectivity index (χ0) is 43.2. The van der Waals surface area contributed by atoms with Crippen molar-refractivity contribution in [2.24, 2.45) is 5.92 Å². The highest BCUT2D eigenvalue weighted by Crippen LogP contribution is 2.38. The molecule has 1 unspecified atom stereocenters. The topological polar surface area (TPSA) is 124 Å². The highest BCUT2D eigenvalue weighted by atomic mass is 19.4. The van der Waals surface area contributed by atoms with Crippen molar-refractivity contribution in [3.8, 4) is 11.4 Å². The lowest BCUT2D eigenvalue weighted by molar-refractivity contribution is -0.141. The molecule has 14 heteroatoms. The number of aromatic nitrogens is 2. The molecule has 6 rings (SSSR count). The molecule has 4 aromatic carbocycles. The fraction of sp³-hybridized carbons (Fsp3) is 0.348. The summed E-state index contributed by atoms with van der Waals surface area (Å²) in [7, 11) is 0. The van der Waals surface area contributed by atoms with Crippen LogP contribution in [0.1, 0.15) is 98.9 Å². The summed E-state index contributed by atoms with van der Waals surface area (Å²) < 4.78 is 60.4. The number of alkyl carbamates (subject to hydrolysis) is 1. The van der Waals surface area contributed by atoms with E-state index in [0.29, 0.717) is 36.1 Å². The van der Waals surface area contributed by atoms with Crippen LogP contribution in [0.4, 0.5) is 28.4 Å². The number of carbonyl (C=O) groups excluding carboxylic acids is 3. The molecule has 1 aliphatic rings. The molecular formula is C46H50F3N5O6. The molecule has 0 aliphatic heterocycles. The number of amides is 3. The third-order valence-electron chi connectivity index (χ3n) is 9.22. The van der Waals surface area contributed by atoms with Gasteiger partial charge in [0.2, 0.25) is 0 Å². The first-order valence-electron chi connectivity index (χ1n) is 19.7. The average molecular weight is 826 g/mol. The summed E-state index contributed by atoms with van der Waals surface area (Å²) in [5.41, 5.74) is 0.227. The molecule has 1 atom stereocenters. The van der Waals surface area contributed by atoms with E-state index in [1.165, 1.54) is 12.1 Å². The summed E-state index contributed by atoms with van der Waals surface area (Å²) in [6, 6.07) is 30.4. The summed E-state index contributed by atoms with van der Waals surface area (Å²) in [5, 5.41) is 9.16. The summed E-state index contributed by atoms with van der Waals surface area (Å²) in [4.78, 5) is 41.9. The molecule has 5 aromatic rings. The van der Waals surface area contributed by atoms with Gasteiger partial charge in [-0.2, -0.15) is 18.3 Å². The third kappa shape index (κ3) is 12.1. The highest BCUT2D eigenvalue weighted by molar-refractivity contribution is 6.03. The number of alkyl halides is 3. The van der Waals surface area contributed by atoms with Crippen LogP contribution in [0.5, 0.6) is 5.75 Å². The molecule has 1 fully saturated rings. The molecule has 0 radical (unpaired) electrons. The van der Waals surface area contributed by atoms with E-state index in [1.54, 1.807) is 76.8 Å². The van der Waals surface area contributed by atoms with Crippen LogP contribution in [0.25, 0.3) is 5.69 Å². The zero-order valence-corrected chi connectivity index (χ0v) is 34.5. The minimum atomic E-state index is -4.85. The van der Waals surface area contributed by atoms with Crippen LogP contribution in [0, 0.1) is 5.92 Å². The second-order valence-electron chi connectivity index (χ2n) is 16.8. The highest BCUT2D eigenvalue weighted by Gasteiger charge is 2.37. The van der Waals surface area contributed by atoms with Gasteiger partial charge in [-0.1, -0.05) is 66.7 Å². The summed E-state index contributed by atoms with van der Waals surface area (Å²) in [5.74, 6) is 0.0602. The third-order valence-corrected chi connectivity index (χ3v) is 9.22. The molecule has 1 aromatic heterocycles. The molecular weight excluding hydrogens is 776 g/mol. The van der Waals surface area contributed by atoms with Gasteiger partial charge in [0, 0.05) is 24.8 Å². The van der Waals surface area contributed by atoms with E-state index in [-0.39, 0.29) is 29.5 Å². The van der Waals surface area contributed by atoms with Gasteiger partial charge in [0.05, 0.1) is 11.7 Å². The van der Waals surface area contributed by atoms with Crippen molar-refractivity contribution in [1.29, 1.82) is 0 Å². The van der Waals surface area contributed by atoms with Crippen molar-refractivity contribution in [1.82, 2.24) is 20.0 Å². The summed E-state index contributed by atoms with van der Waals surface area (Å²) in [6.45, 7) is 11.4. The Hall–Kier alpha value is -6.31. The fourth-order valence-electron chi connectivity index (χ4n) is 6.37. The number of anilines is 1. The van der Waals surface area contributed by atoms with Gasteiger partial charge in [0.25, 0.3) is 5.91 Å². The number of nitrogens with zero attached hydrogens (tertiary/aromatic N) is 3. The first-order valence-corrected chi connectivity index (χ1v) is 19.7. The Morgan fingerprint density at radius 2 is 1.45 bits per heavy atom. The number of nitrogens with one attached hydrogen (secondary N) is 2. The molecule has 1 heterocycles. The molecule has 0 spiro atoms. The fourth-order valence-corrected chi connectivity index (χ4v) is 6.37. The smallest absolute Gasteiger partial charge is 0.435 e. The average Bonchev–Trinajstić information content (AvgIpc) is 3.88. The van der Waals surface area contributed by atoms with Gasteiger partial charge < -0.3 is 24.8 Å². The van der Waals surface area contributed by atoms with E-state index in [2.05, 4.69) is 15.7 Å². The van der Waals surface area contributed by atoms with Crippen LogP contribution >= 0.6 is 0 Å². The van der Waals surface area contributed by atoms with Gasteiger partial charge in [0.1, 0.15) is 29.3 Å². The number of rotatable bonds is 13. The Balaban J connectivity index is 1.30. The molecule has 1 saturated carbocycles. The molecule has 316 valence electrons. The first-order chi connectivity index (χ1) is 28.3. The second-order valence-corrected chi connectivity index (χ2v) is 16.8. The SMILES string of the molecule is CC(C)(C)OC(=O)NCc1cccc(-n2nc(C(F)(F)F)cc2C(=O)Nc2cccc(C(c3ccc(OCc4ccccc4)cc3)N(CC3CC3)C(=O)OC(C)(C)C)c2)c1. The standard InChI is InChI=1S/C46H50F3N5O6/c1-44(2,3)59-42(56)50-27-32-14-10-17-36(24-32)54-38(26-39(52-54)46(47,48)49)41(55)51-35-16-11-15-34(25-35)40(53(28-30-18-19-30)43(57)60-45(4,5)6)33-20-22-37(23-21-33)58-29-31-12-8-7-9-13-31/h7-17,20-26,30,40H,18-19,27-29H2,1-6H3,(H,50,56)(H,51,55). The maximum absolute atomic E-state index is 14.1. The molecule has 60 heavy (non-hydrogen) atoms. The van der Waals surface area contributed by atoms with E-state index >= 15 is 0 Å². The number of benzene rings is 4. The molecule has 0 saturated heterocycles. The van der Waals surface area contributed by atoms with Crippen LogP contribution in [0.15, 0.2) is 109 Å². The number of hydrogen-bond acceptors (Lipinski definition) is 7. The first kappa shape index (κ1) is 43.3. The van der Waals surface area contributed by atoms with Crippen molar-refractivity contribution in [2.45, 2.75) is 91.0 Å².